The third kappa shape index (κ3) is 3.11. The second-order valence-electron chi connectivity index (χ2n) is 4.30. The van der Waals surface area contributed by atoms with E-state index in [0.29, 0.717) is 11.0 Å². The number of thioether (sulfide) groups is 1. The molecule has 0 fully saturated rings. The number of benzene rings is 1. The maximum absolute atomic E-state index is 10.2. The van der Waals surface area contributed by atoms with Gasteiger partial charge in [-0.25, -0.2) is 4.68 Å². The molecule has 1 unspecified atom stereocenters. The molecule has 96 valence electrons. The minimum absolute atomic E-state index is 0.501. The molecule has 0 saturated carbocycles. The van der Waals surface area contributed by atoms with E-state index in [0.717, 1.165) is 11.4 Å². The number of rotatable bonds is 5. The van der Waals surface area contributed by atoms with Crippen LogP contribution in [0, 0.1) is 0 Å². The predicted octanol–water partition coefficient (Wildman–Crippen LogP) is 2.44. The predicted molar refractivity (Wildman–Crippen MR) is 73.9 cm³/mol. The molecule has 0 saturated heterocycles. The van der Waals surface area contributed by atoms with Crippen LogP contribution in [0.3, 0.4) is 0 Å². The average molecular weight is 263 g/mol. The van der Waals surface area contributed by atoms with Crippen LogP contribution in [0.15, 0.2) is 36.5 Å². The number of hydrogen-bond acceptors (Lipinski definition) is 4. The summed E-state index contributed by atoms with van der Waals surface area (Å²) in [7, 11) is 0. The highest BCUT2D eigenvalue weighted by atomic mass is 32.2. The van der Waals surface area contributed by atoms with Crippen LogP contribution >= 0.6 is 11.8 Å². The summed E-state index contributed by atoms with van der Waals surface area (Å²) in [5, 5.41) is 18.6. The van der Waals surface area contributed by atoms with Gasteiger partial charge in [0.15, 0.2) is 0 Å². The van der Waals surface area contributed by atoms with Crippen LogP contribution in [0.4, 0.5) is 0 Å². The van der Waals surface area contributed by atoms with Crippen molar-refractivity contribution in [2.45, 2.75) is 25.2 Å². The van der Waals surface area contributed by atoms with Crippen molar-refractivity contribution >= 4 is 11.8 Å². The minimum Gasteiger partial charge on any atom is -0.386 e. The standard InChI is InChI=1S/C13H17N3OS/c1-10(2)18-9-13(17)12-8-14-15-16(12)11-6-4-3-5-7-11/h3-8,10,13,17H,9H2,1-2H3. The van der Waals surface area contributed by atoms with Gasteiger partial charge >= 0.3 is 0 Å². The van der Waals surface area contributed by atoms with Crippen LogP contribution in [0.1, 0.15) is 25.6 Å². The zero-order chi connectivity index (χ0) is 13.0. The smallest absolute Gasteiger partial charge is 0.107 e. The maximum atomic E-state index is 10.2. The fourth-order valence-electron chi connectivity index (χ4n) is 1.61. The molecule has 0 aliphatic carbocycles. The Balaban J connectivity index is 2.17. The molecule has 0 amide bonds. The van der Waals surface area contributed by atoms with Crippen LogP contribution in [-0.2, 0) is 0 Å². The van der Waals surface area contributed by atoms with E-state index in [1.165, 1.54) is 0 Å². The molecule has 1 N–H and O–H groups in total. The highest BCUT2D eigenvalue weighted by Gasteiger charge is 2.15. The molecular weight excluding hydrogens is 246 g/mol. The molecule has 0 bridgehead atoms. The van der Waals surface area contributed by atoms with E-state index in [1.54, 1.807) is 22.6 Å². The Morgan fingerprint density at radius 2 is 2.00 bits per heavy atom. The van der Waals surface area contributed by atoms with Crippen LogP contribution in [0.5, 0.6) is 0 Å². The van der Waals surface area contributed by atoms with Gasteiger partial charge in [0.05, 0.1) is 17.6 Å². The normalized spacial score (nSPS) is 12.9. The van der Waals surface area contributed by atoms with Crippen molar-refractivity contribution in [3.8, 4) is 5.69 Å². The largest absolute Gasteiger partial charge is 0.386 e. The SMILES string of the molecule is CC(C)SCC(O)c1cnnn1-c1ccccc1. The van der Waals surface area contributed by atoms with Gasteiger partial charge < -0.3 is 5.11 Å². The molecule has 5 heteroatoms. The Labute approximate surface area is 111 Å². The Bertz CT molecular complexity index is 484. The van der Waals surface area contributed by atoms with Gasteiger partial charge in [0.1, 0.15) is 6.10 Å². The summed E-state index contributed by atoms with van der Waals surface area (Å²) in [5.41, 5.74) is 1.65. The first-order chi connectivity index (χ1) is 8.68. The van der Waals surface area contributed by atoms with Crippen molar-refractivity contribution in [3.63, 3.8) is 0 Å². The molecule has 1 aromatic heterocycles. The van der Waals surface area contributed by atoms with Crippen LogP contribution in [0.25, 0.3) is 5.69 Å². The molecule has 0 aliphatic rings. The fourth-order valence-corrected chi connectivity index (χ4v) is 2.35. The fraction of sp³-hybridized carbons (Fsp3) is 0.385. The summed E-state index contributed by atoms with van der Waals surface area (Å²) >= 11 is 1.72. The number of hydrogen-bond donors (Lipinski definition) is 1. The van der Waals surface area contributed by atoms with Crippen molar-refractivity contribution < 1.29 is 5.11 Å². The first-order valence-corrected chi connectivity index (χ1v) is 6.99. The van der Waals surface area contributed by atoms with Crippen molar-refractivity contribution in [1.29, 1.82) is 0 Å². The zero-order valence-corrected chi connectivity index (χ0v) is 11.3. The first-order valence-electron chi connectivity index (χ1n) is 5.94. The third-order valence-electron chi connectivity index (χ3n) is 2.51. The van der Waals surface area contributed by atoms with E-state index in [-0.39, 0.29) is 0 Å². The van der Waals surface area contributed by atoms with Crippen LogP contribution < -0.4 is 0 Å². The Morgan fingerprint density at radius 1 is 1.28 bits per heavy atom. The topological polar surface area (TPSA) is 50.9 Å². The lowest BCUT2D eigenvalue weighted by Crippen LogP contribution is -2.10. The van der Waals surface area contributed by atoms with E-state index >= 15 is 0 Å². The van der Waals surface area contributed by atoms with Crippen LogP contribution in [0.2, 0.25) is 0 Å². The lowest BCUT2D eigenvalue weighted by Gasteiger charge is -2.13. The van der Waals surface area contributed by atoms with E-state index in [1.807, 2.05) is 30.3 Å². The first kappa shape index (κ1) is 13.1. The highest BCUT2D eigenvalue weighted by molar-refractivity contribution is 7.99. The minimum atomic E-state index is -0.549. The third-order valence-corrected chi connectivity index (χ3v) is 3.68. The molecule has 1 heterocycles. The molecular formula is C13H17N3OS. The summed E-state index contributed by atoms with van der Waals surface area (Å²) in [4.78, 5) is 0. The molecule has 0 spiro atoms. The lowest BCUT2D eigenvalue weighted by atomic mass is 10.2. The molecule has 0 aliphatic heterocycles. The van der Waals surface area contributed by atoms with Crippen molar-refractivity contribution in [3.05, 3.63) is 42.2 Å². The van der Waals surface area contributed by atoms with E-state index < -0.39 is 6.10 Å². The van der Waals surface area contributed by atoms with Gasteiger partial charge in [-0.3, -0.25) is 0 Å². The van der Waals surface area contributed by atoms with Gasteiger partial charge in [0.2, 0.25) is 0 Å². The molecule has 1 atom stereocenters. The summed E-state index contributed by atoms with van der Waals surface area (Å²) in [6, 6.07) is 9.72. The van der Waals surface area contributed by atoms with Gasteiger partial charge in [-0.1, -0.05) is 37.3 Å². The molecule has 2 aromatic rings. The van der Waals surface area contributed by atoms with Gasteiger partial charge in [0.25, 0.3) is 0 Å². The number of aliphatic hydroxyl groups is 1. The van der Waals surface area contributed by atoms with Gasteiger partial charge in [-0.05, 0) is 17.4 Å². The van der Waals surface area contributed by atoms with Gasteiger partial charge in [-0.15, -0.1) is 5.10 Å². The second-order valence-corrected chi connectivity index (χ2v) is 5.91. The van der Waals surface area contributed by atoms with E-state index in [4.69, 9.17) is 0 Å². The molecule has 4 nitrogen and oxygen atoms in total. The van der Waals surface area contributed by atoms with Crippen molar-refractivity contribution in [1.82, 2.24) is 15.0 Å². The molecule has 2 rings (SSSR count). The number of nitrogens with zero attached hydrogens (tertiary/aromatic N) is 3. The zero-order valence-electron chi connectivity index (χ0n) is 10.5. The second kappa shape index (κ2) is 6.02. The summed E-state index contributed by atoms with van der Waals surface area (Å²) < 4.78 is 1.69. The Kier molecular flexibility index (Phi) is 4.38. The molecule has 1 aromatic carbocycles. The number of para-hydroxylation sites is 1. The Morgan fingerprint density at radius 3 is 2.67 bits per heavy atom. The number of aromatic nitrogens is 3. The maximum Gasteiger partial charge on any atom is 0.107 e. The highest BCUT2D eigenvalue weighted by Crippen LogP contribution is 2.22. The van der Waals surface area contributed by atoms with Crippen molar-refractivity contribution in [2.24, 2.45) is 0 Å². The van der Waals surface area contributed by atoms with Crippen LogP contribution in [-0.4, -0.2) is 31.1 Å². The Hall–Kier alpha value is -1.33. The van der Waals surface area contributed by atoms with E-state index in [9.17, 15) is 5.11 Å². The number of aliphatic hydroxyl groups excluding tert-OH is 1. The monoisotopic (exact) mass is 263 g/mol. The molecule has 0 radical (unpaired) electrons. The summed E-state index contributed by atoms with van der Waals surface area (Å²) in [5.74, 6) is 0.651. The van der Waals surface area contributed by atoms with E-state index in [2.05, 4.69) is 24.2 Å². The van der Waals surface area contributed by atoms with Gasteiger partial charge in [0, 0.05) is 5.75 Å². The van der Waals surface area contributed by atoms with Gasteiger partial charge in [-0.2, -0.15) is 11.8 Å². The quantitative estimate of drug-likeness (QED) is 0.900. The summed E-state index contributed by atoms with van der Waals surface area (Å²) in [6.07, 6.45) is 1.08. The lowest BCUT2D eigenvalue weighted by molar-refractivity contribution is 0.196. The molecule has 18 heavy (non-hydrogen) atoms. The van der Waals surface area contributed by atoms with Crippen molar-refractivity contribution in [2.75, 3.05) is 5.75 Å². The average Bonchev–Trinajstić information content (AvgIpc) is 2.86. The summed E-state index contributed by atoms with van der Waals surface area (Å²) in [6.45, 7) is 4.23.